The van der Waals surface area contributed by atoms with Crippen molar-refractivity contribution in [3.8, 4) is 0 Å². The number of rotatable bonds is 6. The van der Waals surface area contributed by atoms with Crippen LogP contribution in [0.1, 0.15) is 37.0 Å². The zero-order valence-electron chi connectivity index (χ0n) is 16.2. The van der Waals surface area contributed by atoms with E-state index in [-0.39, 0.29) is 5.91 Å². The van der Waals surface area contributed by atoms with Gasteiger partial charge in [0.1, 0.15) is 0 Å². The van der Waals surface area contributed by atoms with Crippen LogP contribution >= 0.6 is 0 Å². The smallest absolute Gasteiger partial charge is 0.251 e. The molecule has 2 aliphatic rings. The molecule has 2 atom stereocenters. The highest BCUT2D eigenvalue weighted by Gasteiger charge is 2.21. The van der Waals surface area contributed by atoms with Crippen molar-refractivity contribution in [1.29, 1.82) is 0 Å². The minimum absolute atomic E-state index is 0.0268. The van der Waals surface area contributed by atoms with Gasteiger partial charge in [-0.05, 0) is 55.5 Å². The van der Waals surface area contributed by atoms with Gasteiger partial charge in [-0.25, -0.2) is 0 Å². The molecule has 2 fully saturated rings. The Morgan fingerprint density at radius 3 is 2.42 bits per heavy atom. The molecule has 0 radical (unpaired) electrons. The quantitative estimate of drug-likeness (QED) is 0.793. The molecule has 0 aliphatic carbocycles. The molecule has 144 valence electrons. The molecule has 0 spiro atoms. The van der Waals surface area contributed by atoms with Gasteiger partial charge in [0.05, 0.1) is 13.2 Å². The van der Waals surface area contributed by atoms with Crippen molar-refractivity contribution in [3.63, 3.8) is 0 Å². The van der Waals surface area contributed by atoms with Crippen molar-refractivity contribution < 1.29 is 9.53 Å². The molecule has 1 aromatic rings. The number of piperidine rings is 1. The van der Waals surface area contributed by atoms with Crippen molar-refractivity contribution in [2.45, 2.75) is 26.7 Å². The molecule has 3 rings (SSSR count). The molecule has 5 nitrogen and oxygen atoms in total. The van der Waals surface area contributed by atoms with Gasteiger partial charge in [-0.15, -0.1) is 0 Å². The SMILES string of the molecule is C[C@@H]1C[C@@H](C)CN(CCCNC(=O)c2ccc(N3CCOCC3)cc2)C1. The summed E-state index contributed by atoms with van der Waals surface area (Å²) in [6.45, 7) is 12.3. The molecule has 0 unspecified atom stereocenters. The Hall–Kier alpha value is -1.59. The largest absolute Gasteiger partial charge is 0.378 e. The van der Waals surface area contributed by atoms with Crippen LogP contribution in [-0.2, 0) is 4.74 Å². The van der Waals surface area contributed by atoms with Crippen LogP contribution in [0.25, 0.3) is 0 Å². The minimum Gasteiger partial charge on any atom is -0.378 e. The standard InChI is InChI=1S/C21H33N3O2/c1-17-14-18(2)16-23(15-17)9-3-8-22-21(25)19-4-6-20(7-5-19)24-10-12-26-13-11-24/h4-7,17-18H,3,8-16H2,1-2H3,(H,22,25)/t17-,18-/m1/s1. The van der Waals surface area contributed by atoms with E-state index < -0.39 is 0 Å². The Morgan fingerprint density at radius 2 is 1.77 bits per heavy atom. The normalized spacial score (nSPS) is 24.5. The van der Waals surface area contributed by atoms with Crippen LogP contribution < -0.4 is 10.2 Å². The number of morpholine rings is 1. The summed E-state index contributed by atoms with van der Waals surface area (Å²) in [6, 6.07) is 7.93. The third-order valence-electron chi connectivity index (χ3n) is 5.39. The molecule has 2 saturated heterocycles. The Labute approximate surface area is 157 Å². The average Bonchev–Trinajstić information content (AvgIpc) is 2.65. The average molecular weight is 360 g/mol. The predicted octanol–water partition coefficient (Wildman–Crippen LogP) is 2.62. The maximum Gasteiger partial charge on any atom is 0.251 e. The summed E-state index contributed by atoms with van der Waals surface area (Å²) in [7, 11) is 0. The van der Waals surface area contributed by atoms with Gasteiger partial charge >= 0.3 is 0 Å². The first kappa shape index (κ1) is 19.2. The van der Waals surface area contributed by atoms with Crippen LogP contribution in [0.4, 0.5) is 5.69 Å². The van der Waals surface area contributed by atoms with Gasteiger partial charge in [-0.2, -0.15) is 0 Å². The second kappa shape index (κ2) is 9.38. The number of carbonyl (C=O) groups is 1. The van der Waals surface area contributed by atoms with Crippen LogP contribution in [0.15, 0.2) is 24.3 Å². The molecule has 1 aromatic carbocycles. The van der Waals surface area contributed by atoms with Crippen molar-refractivity contribution in [2.75, 3.05) is 57.4 Å². The van der Waals surface area contributed by atoms with Gasteiger partial charge in [0.2, 0.25) is 0 Å². The summed E-state index contributed by atoms with van der Waals surface area (Å²) in [6.07, 6.45) is 2.35. The second-order valence-corrected chi connectivity index (χ2v) is 7.96. The number of benzene rings is 1. The molecule has 1 N–H and O–H groups in total. The summed E-state index contributed by atoms with van der Waals surface area (Å²) in [5, 5.41) is 3.06. The van der Waals surface area contributed by atoms with E-state index in [9.17, 15) is 4.79 Å². The van der Waals surface area contributed by atoms with E-state index in [1.807, 2.05) is 24.3 Å². The number of carbonyl (C=O) groups excluding carboxylic acids is 1. The maximum atomic E-state index is 12.3. The van der Waals surface area contributed by atoms with Crippen LogP contribution in [0, 0.1) is 11.8 Å². The fourth-order valence-corrected chi connectivity index (χ4v) is 4.23. The number of nitrogens with one attached hydrogen (secondary N) is 1. The number of amides is 1. The van der Waals surface area contributed by atoms with E-state index in [1.165, 1.54) is 19.5 Å². The van der Waals surface area contributed by atoms with E-state index in [0.717, 1.165) is 68.9 Å². The van der Waals surface area contributed by atoms with Crippen LogP contribution in [0.5, 0.6) is 0 Å². The highest BCUT2D eigenvalue weighted by atomic mass is 16.5. The lowest BCUT2D eigenvalue weighted by molar-refractivity contribution is 0.0947. The van der Waals surface area contributed by atoms with E-state index in [0.29, 0.717) is 0 Å². The number of anilines is 1. The predicted molar refractivity (Wildman–Crippen MR) is 106 cm³/mol. The number of ether oxygens (including phenoxy) is 1. The summed E-state index contributed by atoms with van der Waals surface area (Å²) < 4.78 is 5.38. The van der Waals surface area contributed by atoms with Gasteiger partial charge in [0.25, 0.3) is 5.91 Å². The van der Waals surface area contributed by atoms with Gasteiger partial charge in [-0.3, -0.25) is 4.79 Å². The Balaban J connectivity index is 1.39. The molecular weight excluding hydrogens is 326 g/mol. The zero-order valence-corrected chi connectivity index (χ0v) is 16.2. The van der Waals surface area contributed by atoms with Gasteiger partial charge in [0, 0.05) is 44.0 Å². The highest BCUT2D eigenvalue weighted by molar-refractivity contribution is 5.94. The molecule has 26 heavy (non-hydrogen) atoms. The topological polar surface area (TPSA) is 44.8 Å². The first-order valence-corrected chi connectivity index (χ1v) is 10.0. The number of hydrogen-bond donors (Lipinski definition) is 1. The van der Waals surface area contributed by atoms with Crippen LogP contribution in [0.3, 0.4) is 0 Å². The molecule has 1 amide bonds. The first-order valence-electron chi connectivity index (χ1n) is 10.0. The lowest BCUT2D eigenvalue weighted by Gasteiger charge is -2.34. The lowest BCUT2D eigenvalue weighted by Crippen LogP contribution is -2.40. The minimum atomic E-state index is 0.0268. The van der Waals surface area contributed by atoms with Gasteiger partial charge in [-0.1, -0.05) is 13.8 Å². The van der Waals surface area contributed by atoms with E-state index >= 15 is 0 Å². The Kier molecular flexibility index (Phi) is 6.92. The monoisotopic (exact) mass is 359 g/mol. The third-order valence-corrected chi connectivity index (χ3v) is 5.39. The summed E-state index contributed by atoms with van der Waals surface area (Å²) in [4.78, 5) is 17.2. The van der Waals surface area contributed by atoms with E-state index in [4.69, 9.17) is 4.74 Å². The highest BCUT2D eigenvalue weighted by Crippen LogP contribution is 2.20. The third kappa shape index (κ3) is 5.45. The number of nitrogens with zero attached hydrogens (tertiary/aromatic N) is 2. The second-order valence-electron chi connectivity index (χ2n) is 7.96. The lowest BCUT2D eigenvalue weighted by atomic mass is 9.92. The zero-order chi connectivity index (χ0) is 18.4. The van der Waals surface area contributed by atoms with Crippen molar-refractivity contribution in [2.24, 2.45) is 11.8 Å². The first-order chi connectivity index (χ1) is 12.6. The summed E-state index contributed by atoms with van der Waals surface area (Å²) >= 11 is 0. The molecule has 0 bridgehead atoms. The van der Waals surface area contributed by atoms with Crippen LogP contribution in [0.2, 0.25) is 0 Å². The fraction of sp³-hybridized carbons (Fsp3) is 0.667. The van der Waals surface area contributed by atoms with Crippen molar-refractivity contribution in [1.82, 2.24) is 10.2 Å². The van der Waals surface area contributed by atoms with Crippen molar-refractivity contribution >= 4 is 11.6 Å². The molecule has 2 heterocycles. The molecule has 0 saturated carbocycles. The fourth-order valence-electron chi connectivity index (χ4n) is 4.23. The molecule has 0 aromatic heterocycles. The maximum absolute atomic E-state index is 12.3. The molecule has 2 aliphatic heterocycles. The molecular formula is C21H33N3O2. The summed E-state index contributed by atoms with van der Waals surface area (Å²) in [5.74, 6) is 1.61. The Bertz CT molecular complexity index is 559. The van der Waals surface area contributed by atoms with E-state index in [1.54, 1.807) is 0 Å². The number of hydrogen-bond acceptors (Lipinski definition) is 4. The van der Waals surface area contributed by atoms with Gasteiger partial charge < -0.3 is 19.9 Å². The van der Waals surface area contributed by atoms with E-state index in [2.05, 4.69) is 29.0 Å². The van der Waals surface area contributed by atoms with Crippen molar-refractivity contribution in [3.05, 3.63) is 29.8 Å². The molecule has 5 heteroatoms. The summed E-state index contributed by atoms with van der Waals surface area (Å²) in [5.41, 5.74) is 1.90. The Morgan fingerprint density at radius 1 is 1.12 bits per heavy atom. The number of likely N-dealkylation sites (tertiary alicyclic amines) is 1. The van der Waals surface area contributed by atoms with Gasteiger partial charge in [0.15, 0.2) is 0 Å². The van der Waals surface area contributed by atoms with Crippen LogP contribution in [-0.4, -0.2) is 63.3 Å².